The zero-order valence-corrected chi connectivity index (χ0v) is 11.5. The summed E-state index contributed by atoms with van der Waals surface area (Å²) in [4.78, 5) is 0. The van der Waals surface area contributed by atoms with Crippen LogP contribution in [0.4, 0.5) is 0 Å². The van der Waals surface area contributed by atoms with Crippen molar-refractivity contribution in [1.29, 1.82) is 0 Å². The second-order valence-corrected chi connectivity index (χ2v) is 4.78. The summed E-state index contributed by atoms with van der Waals surface area (Å²) in [7, 11) is 2.01. The SMILES string of the molecule is CNC(C)CCCCOc1ccc(C)c(C)c1. The molecule has 0 saturated heterocycles. The lowest BCUT2D eigenvalue weighted by Crippen LogP contribution is -2.20. The Labute approximate surface area is 105 Å². The van der Waals surface area contributed by atoms with Crippen LogP contribution in [0.1, 0.15) is 37.3 Å². The van der Waals surface area contributed by atoms with E-state index in [2.05, 4.69) is 44.3 Å². The highest BCUT2D eigenvalue weighted by Crippen LogP contribution is 2.16. The summed E-state index contributed by atoms with van der Waals surface area (Å²) >= 11 is 0. The summed E-state index contributed by atoms with van der Waals surface area (Å²) in [5.74, 6) is 0.995. The Morgan fingerprint density at radius 3 is 2.59 bits per heavy atom. The fourth-order valence-corrected chi connectivity index (χ4v) is 1.69. The number of hydrogen-bond donors (Lipinski definition) is 1. The normalized spacial score (nSPS) is 12.5. The van der Waals surface area contributed by atoms with Crippen molar-refractivity contribution >= 4 is 0 Å². The first kappa shape index (κ1) is 14.0. The second-order valence-electron chi connectivity index (χ2n) is 4.78. The number of nitrogens with one attached hydrogen (secondary N) is 1. The van der Waals surface area contributed by atoms with Crippen molar-refractivity contribution in [3.8, 4) is 5.75 Å². The predicted molar refractivity (Wildman–Crippen MR) is 73.8 cm³/mol. The highest BCUT2D eigenvalue weighted by atomic mass is 16.5. The van der Waals surface area contributed by atoms with Crippen LogP contribution in [0.3, 0.4) is 0 Å². The molecule has 2 nitrogen and oxygen atoms in total. The number of unbranched alkanes of at least 4 members (excludes halogenated alkanes) is 1. The quantitative estimate of drug-likeness (QED) is 0.731. The first-order valence-corrected chi connectivity index (χ1v) is 6.51. The molecule has 2 heteroatoms. The zero-order chi connectivity index (χ0) is 12.7. The molecule has 0 aliphatic carbocycles. The molecule has 1 rings (SSSR count). The Bertz CT molecular complexity index is 336. The Morgan fingerprint density at radius 1 is 1.18 bits per heavy atom. The van der Waals surface area contributed by atoms with Crippen molar-refractivity contribution in [2.45, 2.75) is 46.1 Å². The molecule has 96 valence electrons. The van der Waals surface area contributed by atoms with Crippen LogP contribution in [0.25, 0.3) is 0 Å². The Morgan fingerprint density at radius 2 is 1.94 bits per heavy atom. The third-order valence-electron chi connectivity index (χ3n) is 3.27. The minimum absolute atomic E-state index is 0.608. The maximum Gasteiger partial charge on any atom is 0.119 e. The molecular weight excluding hydrogens is 210 g/mol. The maximum absolute atomic E-state index is 5.74. The monoisotopic (exact) mass is 235 g/mol. The van der Waals surface area contributed by atoms with Gasteiger partial charge >= 0.3 is 0 Å². The molecule has 0 heterocycles. The van der Waals surface area contributed by atoms with E-state index in [0.717, 1.165) is 18.8 Å². The summed E-state index contributed by atoms with van der Waals surface area (Å²) in [5.41, 5.74) is 2.62. The van der Waals surface area contributed by atoms with E-state index >= 15 is 0 Å². The number of ether oxygens (including phenoxy) is 1. The maximum atomic E-state index is 5.74. The van der Waals surface area contributed by atoms with E-state index in [9.17, 15) is 0 Å². The Kier molecular flexibility index (Phi) is 6.06. The van der Waals surface area contributed by atoms with E-state index in [1.165, 1.54) is 24.0 Å². The molecule has 0 radical (unpaired) electrons. The second kappa shape index (κ2) is 7.33. The molecule has 0 amide bonds. The van der Waals surface area contributed by atoms with Crippen molar-refractivity contribution in [1.82, 2.24) is 5.32 Å². The molecule has 0 aliphatic rings. The van der Waals surface area contributed by atoms with Crippen LogP contribution in [0.5, 0.6) is 5.75 Å². The van der Waals surface area contributed by atoms with Crippen LogP contribution in [-0.2, 0) is 0 Å². The standard InChI is InChI=1S/C15H25NO/c1-12-8-9-15(11-13(12)2)17-10-6-5-7-14(3)16-4/h8-9,11,14,16H,5-7,10H2,1-4H3. The highest BCUT2D eigenvalue weighted by Gasteiger charge is 1.99. The van der Waals surface area contributed by atoms with Gasteiger partial charge in [-0.1, -0.05) is 6.07 Å². The lowest BCUT2D eigenvalue weighted by molar-refractivity contribution is 0.302. The van der Waals surface area contributed by atoms with Crippen molar-refractivity contribution in [2.75, 3.05) is 13.7 Å². The van der Waals surface area contributed by atoms with Crippen molar-refractivity contribution < 1.29 is 4.74 Å². The molecular formula is C15H25NO. The molecule has 0 fully saturated rings. The summed E-state index contributed by atoms with van der Waals surface area (Å²) in [5, 5.41) is 3.25. The van der Waals surface area contributed by atoms with Crippen LogP contribution in [0, 0.1) is 13.8 Å². The van der Waals surface area contributed by atoms with Gasteiger partial charge in [0.05, 0.1) is 6.61 Å². The number of aryl methyl sites for hydroxylation is 2. The van der Waals surface area contributed by atoms with Crippen molar-refractivity contribution in [3.63, 3.8) is 0 Å². The Balaban J connectivity index is 2.20. The lowest BCUT2D eigenvalue weighted by Gasteiger charge is -2.10. The van der Waals surface area contributed by atoms with Gasteiger partial charge in [-0.05, 0) is 70.3 Å². The van der Waals surface area contributed by atoms with E-state index < -0.39 is 0 Å². The lowest BCUT2D eigenvalue weighted by atomic mass is 10.1. The number of hydrogen-bond acceptors (Lipinski definition) is 2. The number of rotatable bonds is 7. The van der Waals surface area contributed by atoms with E-state index in [-0.39, 0.29) is 0 Å². The fraction of sp³-hybridized carbons (Fsp3) is 0.600. The topological polar surface area (TPSA) is 21.3 Å². The van der Waals surface area contributed by atoms with Gasteiger partial charge < -0.3 is 10.1 Å². The molecule has 1 unspecified atom stereocenters. The minimum Gasteiger partial charge on any atom is -0.494 e. The molecule has 0 saturated carbocycles. The van der Waals surface area contributed by atoms with Gasteiger partial charge in [0.25, 0.3) is 0 Å². The average Bonchev–Trinajstić information content (AvgIpc) is 2.33. The van der Waals surface area contributed by atoms with Crippen molar-refractivity contribution in [2.24, 2.45) is 0 Å². The van der Waals surface area contributed by atoms with Gasteiger partial charge in [-0.3, -0.25) is 0 Å². The molecule has 1 aromatic carbocycles. The van der Waals surface area contributed by atoms with Gasteiger partial charge in [0.2, 0.25) is 0 Å². The largest absolute Gasteiger partial charge is 0.494 e. The van der Waals surface area contributed by atoms with Gasteiger partial charge in [-0.2, -0.15) is 0 Å². The van der Waals surface area contributed by atoms with Crippen LogP contribution in [0.15, 0.2) is 18.2 Å². The zero-order valence-electron chi connectivity index (χ0n) is 11.5. The molecule has 0 aromatic heterocycles. The first-order chi connectivity index (χ1) is 8.13. The average molecular weight is 235 g/mol. The predicted octanol–water partition coefficient (Wildman–Crippen LogP) is 3.46. The van der Waals surface area contributed by atoms with E-state index in [0.29, 0.717) is 6.04 Å². The van der Waals surface area contributed by atoms with Gasteiger partial charge in [0, 0.05) is 6.04 Å². The van der Waals surface area contributed by atoms with Gasteiger partial charge in [-0.25, -0.2) is 0 Å². The molecule has 0 spiro atoms. The van der Waals surface area contributed by atoms with Crippen LogP contribution in [0.2, 0.25) is 0 Å². The van der Waals surface area contributed by atoms with Gasteiger partial charge in [0.15, 0.2) is 0 Å². The number of benzene rings is 1. The van der Waals surface area contributed by atoms with Gasteiger partial charge in [0.1, 0.15) is 5.75 Å². The Hall–Kier alpha value is -1.02. The van der Waals surface area contributed by atoms with E-state index in [4.69, 9.17) is 4.74 Å². The van der Waals surface area contributed by atoms with Gasteiger partial charge in [-0.15, -0.1) is 0 Å². The molecule has 0 aliphatic heterocycles. The van der Waals surface area contributed by atoms with E-state index in [1.807, 2.05) is 7.05 Å². The molecule has 17 heavy (non-hydrogen) atoms. The first-order valence-electron chi connectivity index (χ1n) is 6.51. The van der Waals surface area contributed by atoms with Crippen LogP contribution >= 0.6 is 0 Å². The van der Waals surface area contributed by atoms with Crippen LogP contribution in [-0.4, -0.2) is 19.7 Å². The van der Waals surface area contributed by atoms with Crippen LogP contribution < -0.4 is 10.1 Å². The highest BCUT2D eigenvalue weighted by molar-refractivity contribution is 5.33. The summed E-state index contributed by atoms with van der Waals surface area (Å²) in [6.45, 7) is 7.28. The van der Waals surface area contributed by atoms with E-state index in [1.54, 1.807) is 0 Å². The third-order valence-corrected chi connectivity index (χ3v) is 3.27. The smallest absolute Gasteiger partial charge is 0.119 e. The third kappa shape index (κ3) is 5.22. The minimum atomic E-state index is 0.608. The summed E-state index contributed by atoms with van der Waals surface area (Å²) in [6.07, 6.45) is 3.55. The fourth-order valence-electron chi connectivity index (χ4n) is 1.69. The molecule has 0 bridgehead atoms. The molecule has 1 N–H and O–H groups in total. The van der Waals surface area contributed by atoms with Crippen molar-refractivity contribution in [3.05, 3.63) is 29.3 Å². The molecule has 1 aromatic rings. The summed E-state index contributed by atoms with van der Waals surface area (Å²) in [6, 6.07) is 6.90. The molecule has 1 atom stereocenters. The summed E-state index contributed by atoms with van der Waals surface area (Å²) < 4.78 is 5.74.